The summed E-state index contributed by atoms with van der Waals surface area (Å²) in [6, 6.07) is 8.50. The molecule has 1 aliphatic rings. The van der Waals surface area contributed by atoms with Crippen LogP contribution in [0.1, 0.15) is 30.9 Å². The van der Waals surface area contributed by atoms with E-state index < -0.39 is 5.60 Å². The molecule has 1 fully saturated rings. The van der Waals surface area contributed by atoms with E-state index in [1.165, 1.54) is 11.1 Å². The molecule has 1 aromatic rings. The van der Waals surface area contributed by atoms with E-state index in [0.29, 0.717) is 5.92 Å². The van der Waals surface area contributed by atoms with Gasteiger partial charge in [-0.3, -0.25) is 0 Å². The molecule has 1 aromatic carbocycles. The smallest absolute Gasteiger partial charge is 0.0740 e. The normalized spacial score (nSPS) is 29.2. The highest BCUT2D eigenvalue weighted by atomic mass is 16.3. The summed E-state index contributed by atoms with van der Waals surface area (Å²) in [6.45, 7) is 6.14. The van der Waals surface area contributed by atoms with E-state index >= 15 is 0 Å². The van der Waals surface area contributed by atoms with Crippen LogP contribution in [0.3, 0.4) is 0 Å². The lowest BCUT2D eigenvalue weighted by Crippen LogP contribution is -2.51. The highest BCUT2D eigenvalue weighted by molar-refractivity contribution is 5.24. The summed E-state index contributed by atoms with van der Waals surface area (Å²) in [7, 11) is 0. The van der Waals surface area contributed by atoms with Crippen molar-refractivity contribution in [2.45, 2.75) is 38.7 Å². The third-order valence-electron chi connectivity index (χ3n) is 3.97. The fraction of sp³-hybridized carbons (Fsp3) is 0.600. The molecule has 2 rings (SSSR count). The maximum Gasteiger partial charge on any atom is 0.0740 e. The van der Waals surface area contributed by atoms with E-state index in [-0.39, 0.29) is 0 Å². The zero-order chi connectivity index (χ0) is 12.3. The summed E-state index contributed by atoms with van der Waals surface area (Å²) in [6.07, 6.45) is 2.68. The van der Waals surface area contributed by atoms with Gasteiger partial charge < -0.3 is 10.4 Å². The van der Waals surface area contributed by atoms with Gasteiger partial charge in [-0.05, 0) is 31.9 Å². The quantitative estimate of drug-likeness (QED) is 0.839. The van der Waals surface area contributed by atoms with Gasteiger partial charge in [0.05, 0.1) is 5.60 Å². The third kappa shape index (κ3) is 2.88. The second-order valence-corrected chi connectivity index (χ2v) is 5.33. The monoisotopic (exact) mass is 233 g/mol. The minimum absolute atomic E-state index is 0.372. The van der Waals surface area contributed by atoms with E-state index in [2.05, 4.69) is 43.4 Å². The van der Waals surface area contributed by atoms with Crippen LogP contribution >= 0.6 is 0 Å². The average molecular weight is 233 g/mol. The lowest BCUT2D eigenvalue weighted by molar-refractivity contribution is -0.0414. The van der Waals surface area contributed by atoms with Crippen LogP contribution in [0, 0.1) is 12.8 Å². The molecule has 0 saturated carbocycles. The van der Waals surface area contributed by atoms with Crippen molar-refractivity contribution in [3.8, 4) is 0 Å². The van der Waals surface area contributed by atoms with Crippen LogP contribution in [-0.2, 0) is 6.42 Å². The van der Waals surface area contributed by atoms with Gasteiger partial charge in [-0.1, -0.05) is 36.8 Å². The zero-order valence-electron chi connectivity index (χ0n) is 10.9. The van der Waals surface area contributed by atoms with Crippen molar-refractivity contribution in [2.75, 3.05) is 13.1 Å². The molecule has 1 heterocycles. The predicted molar refractivity (Wildman–Crippen MR) is 71.1 cm³/mol. The van der Waals surface area contributed by atoms with Crippen LogP contribution in [0.2, 0.25) is 0 Å². The van der Waals surface area contributed by atoms with Gasteiger partial charge in [0, 0.05) is 18.9 Å². The predicted octanol–water partition coefficient (Wildman–Crippen LogP) is 2.29. The lowest BCUT2D eigenvalue weighted by Gasteiger charge is -2.40. The Morgan fingerprint density at radius 3 is 3.00 bits per heavy atom. The van der Waals surface area contributed by atoms with Gasteiger partial charge in [0.25, 0.3) is 0 Å². The van der Waals surface area contributed by atoms with Crippen LogP contribution < -0.4 is 5.32 Å². The Balaban J connectivity index is 2.14. The fourth-order valence-electron chi connectivity index (χ4n) is 2.91. The molecule has 0 aromatic heterocycles. The first-order valence-electron chi connectivity index (χ1n) is 6.63. The minimum Gasteiger partial charge on any atom is -0.389 e. The molecule has 2 unspecified atom stereocenters. The second-order valence-electron chi connectivity index (χ2n) is 5.33. The Morgan fingerprint density at radius 2 is 2.29 bits per heavy atom. The number of benzene rings is 1. The van der Waals surface area contributed by atoms with Gasteiger partial charge in [-0.2, -0.15) is 0 Å². The zero-order valence-corrected chi connectivity index (χ0v) is 10.9. The summed E-state index contributed by atoms with van der Waals surface area (Å²) < 4.78 is 0. The molecule has 94 valence electrons. The van der Waals surface area contributed by atoms with E-state index in [4.69, 9.17) is 0 Å². The molecule has 17 heavy (non-hydrogen) atoms. The van der Waals surface area contributed by atoms with Crippen LogP contribution in [0.5, 0.6) is 0 Å². The van der Waals surface area contributed by atoms with Gasteiger partial charge in [0.15, 0.2) is 0 Å². The maximum atomic E-state index is 10.8. The molecule has 2 N–H and O–H groups in total. The highest BCUT2D eigenvalue weighted by Gasteiger charge is 2.37. The standard InChI is InChI=1S/C15H23NO/c1-3-14-11-16-8-7-15(14,17)10-13-6-4-5-12(2)9-13/h4-6,9,14,16-17H,3,7-8,10-11H2,1-2H3. The van der Waals surface area contributed by atoms with Crippen LogP contribution in [-0.4, -0.2) is 23.8 Å². The molecule has 0 amide bonds. The Bertz CT molecular complexity index is 377. The maximum absolute atomic E-state index is 10.8. The molecule has 2 atom stereocenters. The van der Waals surface area contributed by atoms with Crippen LogP contribution in [0.15, 0.2) is 24.3 Å². The second kappa shape index (κ2) is 5.19. The third-order valence-corrected chi connectivity index (χ3v) is 3.97. The molecule has 0 radical (unpaired) electrons. The summed E-state index contributed by atoms with van der Waals surface area (Å²) >= 11 is 0. The van der Waals surface area contributed by atoms with Crippen molar-refractivity contribution in [2.24, 2.45) is 5.92 Å². The van der Waals surface area contributed by atoms with Gasteiger partial charge in [-0.25, -0.2) is 0 Å². The molecular formula is C15H23NO. The number of rotatable bonds is 3. The molecule has 0 aliphatic carbocycles. The number of hydrogen-bond donors (Lipinski definition) is 2. The SMILES string of the molecule is CCC1CNCCC1(O)Cc1cccc(C)c1. The van der Waals surface area contributed by atoms with Crippen molar-refractivity contribution in [3.63, 3.8) is 0 Å². The minimum atomic E-state index is -0.520. The van der Waals surface area contributed by atoms with Crippen molar-refractivity contribution < 1.29 is 5.11 Å². The first-order valence-corrected chi connectivity index (χ1v) is 6.63. The number of nitrogens with one attached hydrogen (secondary N) is 1. The summed E-state index contributed by atoms with van der Waals surface area (Å²) in [5.41, 5.74) is 2.01. The molecule has 1 aliphatic heterocycles. The lowest BCUT2D eigenvalue weighted by atomic mass is 9.76. The topological polar surface area (TPSA) is 32.3 Å². The number of hydrogen-bond acceptors (Lipinski definition) is 2. The van der Waals surface area contributed by atoms with E-state index in [9.17, 15) is 5.11 Å². The number of piperidine rings is 1. The molecule has 2 nitrogen and oxygen atoms in total. The molecule has 0 bridgehead atoms. The van der Waals surface area contributed by atoms with Gasteiger partial charge in [0.1, 0.15) is 0 Å². The van der Waals surface area contributed by atoms with Crippen molar-refractivity contribution in [1.29, 1.82) is 0 Å². The first-order chi connectivity index (χ1) is 8.14. The van der Waals surface area contributed by atoms with Crippen molar-refractivity contribution in [1.82, 2.24) is 5.32 Å². The largest absolute Gasteiger partial charge is 0.389 e. The van der Waals surface area contributed by atoms with Gasteiger partial charge in [0.2, 0.25) is 0 Å². The Morgan fingerprint density at radius 1 is 1.47 bits per heavy atom. The summed E-state index contributed by atoms with van der Waals surface area (Å²) in [5, 5.41) is 14.2. The van der Waals surface area contributed by atoms with Crippen molar-refractivity contribution in [3.05, 3.63) is 35.4 Å². The summed E-state index contributed by atoms with van der Waals surface area (Å²) in [4.78, 5) is 0. The van der Waals surface area contributed by atoms with Crippen LogP contribution in [0.25, 0.3) is 0 Å². The van der Waals surface area contributed by atoms with Crippen LogP contribution in [0.4, 0.5) is 0 Å². The summed E-state index contributed by atoms with van der Waals surface area (Å²) in [5.74, 6) is 0.372. The first kappa shape index (κ1) is 12.6. The van der Waals surface area contributed by atoms with Crippen molar-refractivity contribution >= 4 is 0 Å². The van der Waals surface area contributed by atoms with Gasteiger partial charge in [-0.15, -0.1) is 0 Å². The van der Waals surface area contributed by atoms with E-state index in [1.54, 1.807) is 0 Å². The molecule has 1 saturated heterocycles. The fourth-order valence-corrected chi connectivity index (χ4v) is 2.91. The van der Waals surface area contributed by atoms with Gasteiger partial charge >= 0.3 is 0 Å². The molecular weight excluding hydrogens is 210 g/mol. The Hall–Kier alpha value is -0.860. The Labute approximate surface area is 104 Å². The number of aryl methyl sites for hydroxylation is 1. The van der Waals surface area contributed by atoms with E-state index in [0.717, 1.165) is 32.4 Å². The molecule has 0 spiro atoms. The number of aliphatic hydroxyl groups is 1. The highest BCUT2D eigenvalue weighted by Crippen LogP contribution is 2.30. The Kier molecular flexibility index (Phi) is 3.85. The molecule has 2 heteroatoms. The van der Waals surface area contributed by atoms with E-state index in [1.807, 2.05) is 0 Å². The average Bonchev–Trinajstić information content (AvgIpc) is 2.29.